The Morgan fingerprint density at radius 1 is 1.26 bits per heavy atom. The fraction of sp³-hybridized carbons (Fsp3) is 0.0714. The van der Waals surface area contributed by atoms with E-state index < -0.39 is 5.82 Å². The zero-order chi connectivity index (χ0) is 14.0. The van der Waals surface area contributed by atoms with Crippen LogP contribution in [-0.4, -0.2) is 13.0 Å². The van der Waals surface area contributed by atoms with Gasteiger partial charge in [0.05, 0.1) is 10.6 Å². The Labute approximate surface area is 115 Å². The molecule has 0 aliphatic carbocycles. The zero-order valence-corrected chi connectivity index (χ0v) is 11.0. The van der Waals surface area contributed by atoms with Crippen LogP contribution in [0, 0.1) is 5.82 Å². The van der Waals surface area contributed by atoms with Gasteiger partial charge in [-0.1, -0.05) is 17.7 Å². The van der Waals surface area contributed by atoms with Gasteiger partial charge >= 0.3 is 0 Å². The van der Waals surface area contributed by atoms with Crippen LogP contribution in [0.2, 0.25) is 5.02 Å². The maximum atomic E-state index is 13.2. The van der Waals surface area contributed by atoms with E-state index in [4.69, 9.17) is 17.3 Å². The summed E-state index contributed by atoms with van der Waals surface area (Å²) in [7, 11) is 1.55. The Kier molecular flexibility index (Phi) is 3.71. The molecule has 1 amide bonds. The lowest BCUT2D eigenvalue weighted by molar-refractivity contribution is 0.0993. The predicted octanol–water partition coefficient (Wildman–Crippen LogP) is 3.34. The van der Waals surface area contributed by atoms with Crippen molar-refractivity contribution < 1.29 is 9.18 Å². The number of carbonyl (C=O) groups excluding carboxylic acids is 1. The average Bonchev–Trinajstić information content (AvgIpc) is 2.40. The molecule has 0 heterocycles. The van der Waals surface area contributed by atoms with Crippen LogP contribution in [0.3, 0.4) is 0 Å². The summed E-state index contributed by atoms with van der Waals surface area (Å²) in [5, 5.41) is 0.308. The van der Waals surface area contributed by atoms with Crippen molar-refractivity contribution in [2.45, 2.75) is 0 Å². The summed E-state index contributed by atoms with van der Waals surface area (Å²) >= 11 is 5.98. The number of nitrogens with zero attached hydrogens (tertiary/aromatic N) is 1. The SMILES string of the molecule is CN(C(=O)c1cc(N)ccc1Cl)c1cccc(F)c1. The van der Waals surface area contributed by atoms with E-state index in [1.54, 1.807) is 25.2 Å². The molecule has 0 aromatic heterocycles. The highest BCUT2D eigenvalue weighted by Crippen LogP contribution is 2.23. The van der Waals surface area contributed by atoms with Gasteiger partial charge in [0, 0.05) is 18.4 Å². The number of anilines is 2. The topological polar surface area (TPSA) is 46.3 Å². The van der Waals surface area contributed by atoms with Crippen molar-refractivity contribution in [2.24, 2.45) is 0 Å². The van der Waals surface area contributed by atoms with E-state index in [1.807, 2.05) is 0 Å². The first kappa shape index (κ1) is 13.4. The second-order valence-corrected chi connectivity index (χ2v) is 4.49. The number of nitrogens with two attached hydrogens (primary N) is 1. The van der Waals surface area contributed by atoms with Crippen molar-refractivity contribution in [2.75, 3.05) is 17.7 Å². The van der Waals surface area contributed by atoms with Crippen LogP contribution >= 0.6 is 11.6 Å². The highest BCUT2D eigenvalue weighted by atomic mass is 35.5. The third kappa shape index (κ3) is 2.85. The first-order chi connectivity index (χ1) is 8.99. The summed E-state index contributed by atoms with van der Waals surface area (Å²) in [5.74, 6) is -0.751. The molecular formula is C14H12ClFN2O. The molecular weight excluding hydrogens is 267 g/mol. The first-order valence-electron chi connectivity index (χ1n) is 5.57. The van der Waals surface area contributed by atoms with Gasteiger partial charge in [-0.2, -0.15) is 0 Å². The lowest BCUT2D eigenvalue weighted by Crippen LogP contribution is -2.26. The van der Waals surface area contributed by atoms with Crippen LogP contribution in [0.4, 0.5) is 15.8 Å². The molecule has 3 nitrogen and oxygen atoms in total. The molecule has 0 fully saturated rings. The van der Waals surface area contributed by atoms with Crippen molar-refractivity contribution >= 4 is 28.9 Å². The molecule has 0 spiro atoms. The van der Waals surface area contributed by atoms with Gasteiger partial charge in [0.2, 0.25) is 0 Å². The van der Waals surface area contributed by atoms with Gasteiger partial charge in [-0.05, 0) is 36.4 Å². The molecule has 19 heavy (non-hydrogen) atoms. The summed E-state index contributed by atoms with van der Waals surface area (Å²) in [4.78, 5) is 13.6. The highest BCUT2D eigenvalue weighted by Gasteiger charge is 2.17. The number of halogens is 2. The van der Waals surface area contributed by atoms with Crippen molar-refractivity contribution in [3.8, 4) is 0 Å². The monoisotopic (exact) mass is 278 g/mol. The molecule has 0 unspecified atom stereocenters. The van der Waals surface area contributed by atoms with Crippen LogP contribution in [0.1, 0.15) is 10.4 Å². The number of hydrogen-bond acceptors (Lipinski definition) is 2. The maximum absolute atomic E-state index is 13.2. The highest BCUT2D eigenvalue weighted by molar-refractivity contribution is 6.34. The number of nitrogen functional groups attached to an aromatic ring is 1. The summed E-state index contributed by atoms with van der Waals surface area (Å²) in [5.41, 5.74) is 6.82. The number of carbonyl (C=O) groups is 1. The van der Waals surface area contributed by atoms with Crippen LogP contribution in [-0.2, 0) is 0 Å². The van der Waals surface area contributed by atoms with E-state index in [2.05, 4.69) is 0 Å². The molecule has 0 aliphatic rings. The van der Waals surface area contributed by atoms with Crippen molar-refractivity contribution in [3.05, 3.63) is 58.9 Å². The number of hydrogen-bond donors (Lipinski definition) is 1. The Hall–Kier alpha value is -2.07. The fourth-order valence-electron chi connectivity index (χ4n) is 1.69. The van der Waals surface area contributed by atoms with Gasteiger partial charge < -0.3 is 10.6 Å². The molecule has 0 saturated heterocycles. The number of rotatable bonds is 2. The maximum Gasteiger partial charge on any atom is 0.259 e. The van der Waals surface area contributed by atoms with Gasteiger partial charge in [-0.25, -0.2) is 4.39 Å². The molecule has 2 N–H and O–H groups in total. The van der Waals surface area contributed by atoms with Crippen LogP contribution < -0.4 is 10.6 Å². The second kappa shape index (κ2) is 5.28. The largest absolute Gasteiger partial charge is 0.399 e. The van der Waals surface area contributed by atoms with E-state index in [1.165, 1.54) is 29.2 Å². The second-order valence-electron chi connectivity index (χ2n) is 4.08. The number of benzene rings is 2. The van der Waals surface area contributed by atoms with Crippen LogP contribution in [0.25, 0.3) is 0 Å². The molecule has 0 bridgehead atoms. The van der Waals surface area contributed by atoms with Crippen LogP contribution in [0.15, 0.2) is 42.5 Å². The fourth-order valence-corrected chi connectivity index (χ4v) is 1.89. The van der Waals surface area contributed by atoms with E-state index in [0.29, 0.717) is 16.4 Å². The summed E-state index contributed by atoms with van der Waals surface area (Å²) < 4.78 is 13.2. The first-order valence-corrected chi connectivity index (χ1v) is 5.95. The molecule has 0 atom stereocenters. The summed E-state index contributed by atoms with van der Waals surface area (Å²) in [6.45, 7) is 0. The predicted molar refractivity (Wildman–Crippen MR) is 75.0 cm³/mol. The van der Waals surface area contributed by atoms with Crippen molar-refractivity contribution in [1.82, 2.24) is 0 Å². The Morgan fingerprint density at radius 3 is 2.68 bits per heavy atom. The smallest absolute Gasteiger partial charge is 0.259 e. The van der Waals surface area contributed by atoms with E-state index in [-0.39, 0.29) is 11.5 Å². The van der Waals surface area contributed by atoms with Crippen molar-refractivity contribution in [1.29, 1.82) is 0 Å². The third-order valence-electron chi connectivity index (χ3n) is 2.72. The van der Waals surface area contributed by atoms with Crippen molar-refractivity contribution in [3.63, 3.8) is 0 Å². The molecule has 2 rings (SSSR count). The third-order valence-corrected chi connectivity index (χ3v) is 3.05. The number of amides is 1. The molecule has 0 saturated carbocycles. The molecule has 2 aromatic rings. The zero-order valence-electron chi connectivity index (χ0n) is 10.2. The Balaban J connectivity index is 2.36. The minimum absolute atomic E-state index is 0.286. The van der Waals surface area contributed by atoms with Gasteiger partial charge in [0.15, 0.2) is 0 Å². The van der Waals surface area contributed by atoms with Crippen LogP contribution in [0.5, 0.6) is 0 Å². The Morgan fingerprint density at radius 2 is 2.00 bits per heavy atom. The van der Waals surface area contributed by atoms with Gasteiger partial charge in [-0.3, -0.25) is 4.79 Å². The van der Waals surface area contributed by atoms with E-state index >= 15 is 0 Å². The molecule has 0 aliphatic heterocycles. The normalized spacial score (nSPS) is 10.3. The molecule has 98 valence electrons. The van der Waals surface area contributed by atoms with E-state index in [9.17, 15) is 9.18 Å². The van der Waals surface area contributed by atoms with Gasteiger partial charge in [-0.15, -0.1) is 0 Å². The average molecular weight is 279 g/mol. The minimum Gasteiger partial charge on any atom is -0.399 e. The molecule has 2 aromatic carbocycles. The minimum atomic E-state index is -0.407. The lowest BCUT2D eigenvalue weighted by atomic mass is 10.1. The standard InChI is InChI=1S/C14H12ClFN2O/c1-18(11-4-2-3-9(16)7-11)14(19)12-8-10(17)5-6-13(12)15/h2-8H,17H2,1H3. The molecule has 0 radical (unpaired) electrons. The van der Waals surface area contributed by atoms with Gasteiger partial charge in [0.25, 0.3) is 5.91 Å². The summed E-state index contributed by atoms with van der Waals surface area (Å²) in [6, 6.07) is 10.4. The molecule has 5 heteroatoms. The lowest BCUT2D eigenvalue weighted by Gasteiger charge is -2.18. The van der Waals surface area contributed by atoms with Gasteiger partial charge in [0.1, 0.15) is 5.82 Å². The Bertz CT molecular complexity index is 631. The quantitative estimate of drug-likeness (QED) is 0.857. The summed E-state index contributed by atoms with van der Waals surface area (Å²) in [6.07, 6.45) is 0. The van der Waals surface area contributed by atoms with E-state index in [0.717, 1.165) is 0 Å².